The predicted octanol–water partition coefficient (Wildman–Crippen LogP) is 4.12. The van der Waals surface area contributed by atoms with Crippen LogP contribution in [0.5, 0.6) is 0 Å². The first-order chi connectivity index (χ1) is 19.9. The van der Waals surface area contributed by atoms with Crippen LogP contribution in [0.15, 0.2) is 48.5 Å². The molecule has 0 saturated carbocycles. The van der Waals surface area contributed by atoms with Gasteiger partial charge in [0.1, 0.15) is 5.54 Å². The Bertz CT molecular complexity index is 1300. The van der Waals surface area contributed by atoms with Crippen molar-refractivity contribution in [3.05, 3.63) is 59.7 Å². The van der Waals surface area contributed by atoms with Gasteiger partial charge < -0.3 is 15.5 Å². The summed E-state index contributed by atoms with van der Waals surface area (Å²) in [5.74, 6) is -1.09. The number of piperidine rings is 2. The molecule has 2 fully saturated rings. The third kappa shape index (κ3) is 4.53. The number of fused-ring (bicyclic) bond motifs is 2. The Balaban J connectivity index is 1.35. The average molecular weight is 457 g/mol. The maximum Gasteiger partial charge on any atom is 0.238 e. The van der Waals surface area contributed by atoms with Gasteiger partial charge >= 0.3 is 0 Å². The molecule has 0 radical (unpaired) electrons. The Kier molecular flexibility index (Phi) is 4.03. The van der Waals surface area contributed by atoms with Gasteiger partial charge in [0.15, 0.2) is 0 Å². The van der Waals surface area contributed by atoms with Gasteiger partial charge in [-0.1, -0.05) is 42.8 Å². The number of benzene rings is 2. The normalized spacial score (nSPS) is 33.3. The lowest BCUT2D eigenvalue weighted by atomic mass is 9.83. The zero-order valence-electron chi connectivity index (χ0n) is 28.8. The largest absolute Gasteiger partial charge is 0.368 e. The van der Waals surface area contributed by atoms with Crippen molar-refractivity contribution in [3.8, 4) is 0 Å². The van der Waals surface area contributed by atoms with Gasteiger partial charge in [-0.05, 0) is 87.6 Å². The number of nitrogens with zero attached hydrogens (tertiary/aromatic N) is 3. The molecule has 0 bridgehead atoms. The lowest BCUT2D eigenvalue weighted by Crippen LogP contribution is -2.63. The number of hydrogen-bond donors (Lipinski definition) is 1. The van der Waals surface area contributed by atoms with Crippen molar-refractivity contribution in [1.82, 2.24) is 9.80 Å². The number of rotatable bonds is 6. The molecule has 2 N–H and O–H groups in total. The highest BCUT2D eigenvalue weighted by Crippen LogP contribution is 2.36. The Labute approximate surface area is 212 Å². The Hall–Kier alpha value is -2.37. The SMILES string of the molecule is [2H]C1([2H])N(C2(C(N)=O)CCN(CCCN3c4ccccc4CCc4ccccc43)CC2)C([2H])([2H])C([2H])([2H])C([2H])([2H])C1([2H])[2H]. The Morgan fingerprint density at radius 2 is 1.45 bits per heavy atom. The summed E-state index contributed by atoms with van der Waals surface area (Å²) in [4.78, 5) is 17.7. The summed E-state index contributed by atoms with van der Waals surface area (Å²) in [6, 6.07) is 16.7. The van der Waals surface area contributed by atoms with Gasteiger partial charge in [0.2, 0.25) is 5.91 Å². The molecule has 2 saturated heterocycles. The van der Waals surface area contributed by atoms with Crippen molar-refractivity contribution >= 4 is 17.3 Å². The van der Waals surface area contributed by atoms with Crippen molar-refractivity contribution in [2.45, 2.75) is 56.8 Å². The predicted molar refractivity (Wildman–Crippen MR) is 135 cm³/mol. The van der Waals surface area contributed by atoms with Crippen LogP contribution in [0.2, 0.25) is 0 Å². The summed E-state index contributed by atoms with van der Waals surface area (Å²) in [6.07, 6.45) is -8.24. The number of amides is 1. The Morgan fingerprint density at radius 3 is 2.03 bits per heavy atom. The minimum atomic E-state index is -3.55. The highest BCUT2D eigenvalue weighted by atomic mass is 16.1. The number of anilines is 2. The molecule has 0 spiro atoms. The third-order valence-corrected chi connectivity index (χ3v) is 7.11. The number of nitrogens with two attached hydrogens (primary N) is 1. The molecule has 5 nitrogen and oxygen atoms in total. The molecule has 176 valence electrons. The summed E-state index contributed by atoms with van der Waals surface area (Å²) < 4.78 is 83.7. The number of hydrogen-bond acceptors (Lipinski definition) is 4. The van der Waals surface area contributed by atoms with Crippen molar-refractivity contribution in [1.29, 1.82) is 0 Å². The third-order valence-electron chi connectivity index (χ3n) is 7.11. The highest BCUT2D eigenvalue weighted by Gasteiger charge is 2.44. The smallest absolute Gasteiger partial charge is 0.238 e. The summed E-state index contributed by atoms with van der Waals surface area (Å²) in [5, 5.41) is 0. The first kappa shape index (κ1) is 13.5. The Morgan fingerprint density at radius 1 is 0.879 bits per heavy atom. The maximum atomic E-state index is 13.0. The van der Waals surface area contributed by atoms with Crippen molar-refractivity contribution in [2.24, 2.45) is 5.73 Å². The summed E-state index contributed by atoms with van der Waals surface area (Å²) in [6.45, 7) is -5.00. The molecular weight excluding hydrogens is 408 g/mol. The van der Waals surface area contributed by atoms with Crippen molar-refractivity contribution in [3.63, 3.8) is 0 Å². The van der Waals surface area contributed by atoms with Crippen molar-refractivity contribution < 1.29 is 18.5 Å². The molecule has 2 aromatic carbocycles. The second kappa shape index (κ2) is 9.86. The van der Waals surface area contributed by atoms with Crippen LogP contribution < -0.4 is 10.6 Å². The molecule has 3 aliphatic rings. The second-order valence-electron chi connectivity index (χ2n) is 8.93. The summed E-state index contributed by atoms with van der Waals surface area (Å²) in [7, 11) is 0. The van der Waals surface area contributed by atoms with E-state index >= 15 is 0 Å². The molecule has 0 atom stereocenters. The fourth-order valence-corrected chi connectivity index (χ4v) is 5.23. The standard InChI is InChI=1S/C28H38N4O/c29-27(33)28(31-18-6-1-7-19-31)15-21-30(22-16-28)17-8-20-32-25-11-4-2-9-23(25)13-14-24-10-3-5-12-26(24)32/h2-5,9-12H,1,6-8,13-22H2,(H2,29,33)/i1D2,6D2,7D2,18D2,19D2. The number of carbonyl (C=O) groups excluding carboxylic acids is 1. The average Bonchev–Trinajstić information content (AvgIpc) is 3.10. The first-order valence-electron chi connectivity index (χ1n) is 16.7. The molecule has 0 aromatic heterocycles. The van der Waals surface area contributed by atoms with E-state index in [2.05, 4.69) is 34.1 Å². The van der Waals surface area contributed by atoms with E-state index in [1.165, 1.54) is 11.1 Å². The molecule has 2 aromatic rings. The molecule has 3 aliphatic heterocycles. The monoisotopic (exact) mass is 456 g/mol. The molecule has 1 amide bonds. The van der Waals surface area contributed by atoms with E-state index in [1.54, 1.807) is 0 Å². The van der Waals surface area contributed by atoms with E-state index in [-0.39, 0.29) is 30.8 Å². The van der Waals surface area contributed by atoms with Crippen LogP contribution >= 0.6 is 0 Å². The first-order valence-corrected chi connectivity index (χ1v) is 11.7. The molecule has 5 rings (SSSR count). The summed E-state index contributed by atoms with van der Waals surface area (Å²) >= 11 is 0. The molecular formula is C28H38N4O. The zero-order chi connectivity index (χ0) is 31.6. The minimum absolute atomic E-state index is 0.161. The van der Waals surface area contributed by atoms with E-state index in [0.717, 1.165) is 37.2 Å². The van der Waals surface area contributed by atoms with Crippen LogP contribution in [0.4, 0.5) is 11.4 Å². The van der Waals surface area contributed by atoms with Gasteiger partial charge in [-0.3, -0.25) is 9.69 Å². The highest BCUT2D eigenvalue weighted by molar-refractivity contribution is 5.85. The van der Waals surface area contributed by atoms with Gasteiger partial charge in [-0.25, -0.2) is 0 Å². The number of likely N-dealkylation sites (tertiary alicyclic amines) is 2. The van der Waals surface area contributed by atoms with Gasteiger partial charge in [0.25, 0.3) is 0 Å². The lowest BCUT2D eigenvalue weighted by Gasteiger charge is -2.48. The topological polar surface area (TPSA) is 52.8 Å². The van der Waals surface area contributed by atoms with Crippen LogP contribution in [0.25, 0.3) is 0 Å². The second-order valence-corrected chi connectivity index (χ2v) is 8.93. The van der Waals surface area contributed by atoms with Gasteiger partial charge in [0, 0.05) is 44.7 Å². The van der Waals surface area contributed by atoms with Crippen LogP contribution in [-0.2, 0) is 17.6 Å². The fourth-order valence-electron chi connectivity index (χ4n) is 5.23. The van der Waals surface area contributed by atoms with Crippen molar-refractivity contribution in [2.75, 3.05) is 44.1 Å². The van der Waals surface area contributed by atoms with Crippen LogP contribution in [-0.4, -0.2) is 60.4 Å². The summed E-state index contributed by atoms with van der Waals surface area (Å²) in [5.41, 5.74) is 8.60. The van der Waals surface area contributed by atoms with E-state index < -0.39 is 43.6 Å². The van der Waals surface area contributed by atoms with E-state index in [1.807, 2.05) is 24.3 Å². The molecule has 0 aliphatic carbocycles. The maximum absolute atomic E-state index is 13.0. The molecule has 33 heavy (non-hydrogen) atoms. The molecule has 0 unspecified atom stereocenters. The van der Waals surface area contributed by atoms with Crippen LogP contribution in [0.3, 0.4) is 0 Å². The molecule has 5 heteroatoms. The van der Waals surface area contributed by atoms with Gasteiger partial charge in [0.05, 0.1) is 0 Å². The van der Waals surface area contributed by atoms with Gasteiger partial charge in [-0.2, -0.15) is 0 Å². The van der Waals surface area contributed by atoms with Crippen LogP contribution in [0.1, 0.15) is 63.2 Å². The van der Waals surface area contributed by atoms with E-state index in [9.17, 15) is 4.79 Å². The number of aryl methyl sites for hydroxylation is 2. The fraction of sp³-hybridized carbons (Fsp3) is 0.536. The lowest BCUT2D eigenvalue weighted by molar-refractivity contribution is -0.134. The van der Waals surface area contributed by atoms with Crippen LogP contribution in [0, 0.1) is 0 Å². The number of carbonyl (C=O) groups is 1. The zero-order valence-corrected chi connectivity index (χ0v) is 18.8. The molecule has 3 heterocycles. The minimum Gasteiger partial charge on any atom is -0.368 e. The number of primary amides is 1. The van der Waals surface area contributed by atoms with Gasteiger partial charge in [-0.15, -0.1) is 0 Å². The number of para-hydroxylation sites is 2. The van der Waals surface area contributed by atoms with E-state index in [4.69, 9.17) is 19.4 Å². The van der Waals surface area contributed by atoms with E-state index in [0.29, 0.717) is 6.54 Å². The quantitative estimate of drug-likeness (QED) is 0.710.